The lowest BCUT2D eigenvalue weighted by Gasteiger charge is -2.27. The van der Waals surface area contributed by atoms with Gasteiger partial charge in [0.1, 0.15) is 18.4 Å². The summed E-state index contributed by atoms with van der Waals surface area (Å²) in [6.07, 6.45) is 4.53. The summed E-state index contributed by atoms with van der Waals surface area (Å²) in [5.74, 6) is -0.891. The summed E-state index contributed by atoms with van der Waals surface area (Å²) in [7, 11) is -3.52. The third kappa shape index (κ3) is 6.43. The van der Waals surface area contributed by atoms with Gasteiger partial charge in [0.05, 0.1) is 29.0 Å². The van der Waals surface area contributed by atoms with Crippen molar-refractivity contribution >= 4 is 28.0 Å². The van der Waals surface area contributed by atoms with E-state index in [0.717, 1.165) is 24.8 Å². The van der Waals surface area contributed by atoms with Crippen LogP contribution in [0.3, 0.4) is 0 Å². The van der Waals surface area contributed by atoms with Crippen LogP contribution in [0.2, 0.25) is 0 Å². The van der Waals surface area contributed by atoms with Crippen molar-refractivity contribution in [3.63, 3.8) is 0 Å². The molecule has 2 aromatic rings. The van der Waals surface area contributed by atoms with Crippen LogP contribution < -0.4 is 10.6 Å². The average Bonchev–Trinajstić information content (AvgIpc) is 3.46. The summed E-state index contributed by atoms with van der Waals surface area (Å²) in [4.78, 5) is 37.6. The van der Waals surface area contributed by atoms with Crippen LogP contribution in [-0.2, 0) is 35.5 Å². The predicted octanol–water partition coefficient (Wildman–Crippen LogP) is 2.80. The second kappa shape index (κ2) is 12.3. The molecule has 3 heterocycles. The standard InChI is InChI=1S/C26H31N3O8S/c1-2-35-25(31)23-20(27-26(32)28-24(23)21-7-6-16-36-21)17-37-22(30)13-10-18-8-11-19(12-9-18)38(33,34)29-14-4-3-5-15-29/h6-9,11-12,16,24H,2-5,10,13-15,17H2,1H3,(H2,27,28,32). The van der Waals surface area contributed by atoms with Gasteiger partial charge in [0.25, 0.3) is 0 Å². The first-order chi connectivity index (χ1) is 18.3. The number of nitrogens with zero attached hydrogens (tertiary/aromatic N) is 1. The summed E-state index contributed by atoms with van der Waals surface area (Å²) in [5.41, 5.74) is 0.966. The van der Waals surface area contributed by atoms with E-state index in [1.165, 1.54) is 10.6 Å². The summed E-state index contributed by atoms with van der Waals surface area (Å²) < 4.78 is 43.0. The number of sulfonamides is 1. The number of hydrogen-bond acceptors (Lipinski definition) is 8. The monoisotopic (exact) mass is 545 g/mol. The predicted molar refractivity (Wildman–Crippen MR) is 135 cm³/mol. The van der Waals surface area contributed by atoms with Gasteiger partial charge in [-0.2, -0.15) is 4.31 Å². The molecule has 11 nitrogen and oxygen atoms in total. The van der Waals surface area contributed by atoms with E-state index in [2.05, 4.69) is 10.6 Å². The molecule has 0 saturated carbocycles. The molecule has 4 rings (SSSR count). The van der Waals surface area contributed by atoms with Crippen LogP contribution in [0.15, 0.2) is 63.2 Å². The second-order valence-corrected chi connectivity index (χ2v) is 10.9. The molecule has 2 aliphatic rings. The molecule has 2 N–H and O–H groups in total. The molecule has 0 spiro atoms. The number of nitrogens with one attached hydrogen (secondary N) is 2. The van der Waals surface area contributed by atoms with Gasteiger partial charge in [-0.1, -0.05) is 18.6 Å². The van der Waals surface area contributed by atoms with Crippen LogP contribution >= 0.6 is 0 Å². The van der Waals surface area contributed by atoms with Crippen molar-refractivity contribution in [2.45, 2.75) is 50.0 Å². The summed E-state index contributed by atoms with van der Waals surface area (Å²) >= 11 is 0. The summed E-state index contributed by atoms with van der Waals surface area (Å²) in [6.45, 7) is 2.49. The molecule has 0 aliphatic carbocycles. The number of furan rings is 1. The molecule has 38 heavy (non-hydrogen) atoms. The van der Waals surface area contributed by atoms with Crippen molar-refractivity contribution in [1.82, 2.24) is 14.9 Å². The first kappa shape index (κ1) is 27.4. The fraction of sp³-hybridized carbons (Fsp3) is 0.423. The van der Waals surface area contributed by atoms with Gasteiger partial charge in [-0.15, -0.1) is 0 Å². The Hall–Kier alpha value is -3.64. The Morgan fingerprint density at radius 2 is 1.82 bits per heavy atom. The first-order valence-corrected chi connectivity index (χ1v) is 14.0. The Morgan fingerprint density at radius 3 is 2.47 bits per heavy atom. The Kier molecular flexibility index (Phi) is 8.85. The molecule has 1 saturated heterocycles. The molecule has 1 unspecified atom stereocenters. The van der Waals surface area contributed by atoms with Gasteiger partial charge < -0.3 is 24.5 Å². The number of benzene rings is 1. The Balaban J connectivity index is 1.38. The molecule has 0 radical (unpaired) electrons. The van der Waals surface area contributed by atoms with E-state index in [0.29, 0.717) is 25.3 Å². The number of carbonyl (C=O) groups is 3. The van der Waals surface area contributed by atoms with Crippen molar-refractivity contribution in [2.24, 2.45) is 0 Å². The zero-order valence-electron chi connectivity index (χ0n) is 21.1. The lowest BCUT2D eigenvalue weighted by atomic mass is 10.0. The number of aryl methyl sites for hydroxylation is 1. The smallest absolute Gasteiger partial charge is 0.338 e. The zero-order chi connectivity index (χ0) is 27.1. The van der Waals surface area contributed by atoms with Crippen LogP contribution in [0.25, 0.3) is 0 Å². The molecule has 1 atom stereocenters. The highest BCUT2D eigenvalue weighted by molar-refractivity contribution is 7.89. The number of rotatable bonds is 10. The van der Waals surface area contributed by atoms with Gasteiger partial charge in [0, 0.05) is 19.5 Å². The Labute approximate surface area is 221 Å². The van der Waals surface area contributed by atoms with Gasteiger partial charge in [-0.05, 0) is 56.0 Å². The van der Waals surface area contributed by atoms with E-state index >= 15 is 0 Å². The third-order valence-corrected chi connectivity index (χ3v) is 8.26. The van der Waals surface area contributed by atoms with E-state index in [-0.39, 0.29) is 35.8 Å². The summed E-state index contributed by atoms with van der Waals surface area (Å²) in [6, 6.07) is 8.25. The maximum absolute atomic E-state index is 12.8. The number of carbonyl (C=O) groups excluding carboxylic acids is 3. The van der Waals surface area contributed by atoms with Crippen LogP contribution in [0.1, 0.15) is 50.0 Å². The van der Waals surface area contributed by atoms with Crippen molar-refractivity contribution in [2.75, 3.05) is 26.3 Å². The zero-order valence-corrected chi connectivity index (χ0v) is 21.9. The number of amides is 2. The van der Waals surface area contributed by atoms with Gasteiger partial charge in [-0.25, -0.2) is 18.0 Å². The number of hydrogen-bond donors (Lipinski definition) is 2. The maximum atomic E-state index is 12.8. The average molecular weight is 546 g/mol. The molecular weight excluding hydrogens is 514 g/mol. The van der Waals surface area contributed by atoms with E-state index in [1.54, 1.807) is 43.3 Å². The molecule has 204 valence electrons. The van der Waals surface area contributed by atoms with Crippen molar-refractivity contribution < 1.29 is 36.7 Å². The number of piperidine rings is 1. The lowest BCUT2D eigenvalue weighted by molar-refractivity contribution is -0.143. The van der Waals surface area contributed by atoms with E-state index in [4.69, 9.17) is 13.9 Å². The van der Waals surface area contributed by atoms with Crippen LogP contribution in [-0.4, -0.2) is 57.0 Å². The maximum Gasteiger partial charge on any atom is 0.338 e. The van der Waals surface area contributed by atoms with Crippen molar-refractivity contribution in [3.8, 4) is 0 Å². The van der Waals surface area contributed by atoms with Gasteiger partial charge in [0.15, 0.2) is 0 Å². The van der Waals surface area contributed by atoms with E-state index in [9.17, 15) is 22.8 Å². The molecule has 2 aliphatic heterocycles. The van der Waals surface area contributed by atoms with Gasteiger partial charge in [0.2, 0.25) is 10.0 Å². The quantitative estimate of drug-likeness (QED) is 0.434. The Morgan fingerprint density at radius 1 is 1.08 bits per heavy atom. The molecule has 1 fully saturated rings. The fourth-order valence-electron chi connectivity index (χ4n) is 4.40. The van der Waals surface area contributed by atoms with E-state index < -0.39 is 34.0 Å². The minimum Gasteiger partial charge on any atom is -0.467 e. The number of ether oxygens (including phenoxy) is 2. The molecule has 0 bridgehead atoms. The molecule has 1 aromatic heterocycles. The minimum absolute atomic E-state index is 0.0219. The fourth-order valence-corrected chi connectivity index (χ4v) is 5.92. The highest BCUT2D eigenvalue weighted by Crippen LogP contribution is 2.28. The van der Waals surface area contributed by atoms with Crippen LogP contribution in [0.5, 0.6) is 0 Å². The molecule has 1 aromatic carbocycles. The lowest BCUT2D eigenvalue weighted by Crippen LogP contribution is -2.47. The van der Waals surface area contributed by atoms with Gasteiger partial charge in [-0.3, -0.25) is 4.79 Å². The van der Waals surface area contributed by atoms with Crippen molar-refractivity contribution in [3.05, 3.63) is 65.3 Å². The van der Waals surface area contributed by atoms with Crippen LogP contribution in [0.4, 0.5) is 4.79 Å². The normalized spacial score (nSPS) is 18.4. The van der Waals surface area contributed by atoms with Gasteiger partial charge >= 0.3 is 18.0 Å². The largest absolute Gasteiger partial charge is 0.467 e. The topological polar surface area (TPSA) is 144 Å². The highest BCUT2D eigenvalue weighted by atomic mass is 32.2. The van der Waals surface area contributed by atoms with E-state index in [1.807, 2.05) is 0 Å². The number of urea groups is 1. The minimum atomic E-state index is -3.52. The molecule has 12 heteroatoms. The Bertz CT molecular complexity index is 1280. The van der Waals surface area contributed by atoms with Crippen LogP contribution in [0, 0.1) is 0 Å². The highest BCUT2D eigenvalue weighted by Gasteiger charge is 2.35. The molecular formula is C26H31N3O8S. The molecule has 2 amide bonds. The number of esters is 2. The first-order valence-electron chi connectivity index (χ1n) is 12.6. The third-order valence-electron chi connectivity index (χ3n) is 6.35. The van der Waals surface area contributed by atoms with Crippen molar-refractivity contribution in [1.29, 1.82) is 0 Å². The second-order valence-electron chi connectivity index (χ2n) is 8.93. The SMILES string of the molecule is CCOC(=O)C1=C(COC(=O)CCc2ccc(S(=O)(=O)N3CCCCC3)cc2)NC(=O)NC1c1ccco1. The summed E-state index contributed by atoms with van der Waals surface area (Å²) in [5, 5.41) is 5.14.